The Bertz CT molecular complexity index is 769. The summed E-state index contributed by atoms with van der Waals surface area (Å²) in [5.41, 5.74) is 7.25. The molecule has 0 saturated carbocycles. The van der Waals surface area contributed by atoms with Crippen molar-refractivity contribution in [2.45, 2.75) is 65.1 Å². The molecule has 7 heteroatoms. The van der Waals surface area contributed by atoms with Crippen LogP contribution in [-0.2, 0) is 17.9 Å². The third kappa shape index (κ3) is 4.48. The highest BCUT2D eigenvalue weighted by molar-refractivity contribution is 5.85. The van der Waals surface area contributed by atoms with Gasteiger partial charge in [0.15, 0.2) is 0 Å². The summed E-state index contributed by atoms with van der Waals surface area (Å²) in [6.07, 6.45) is 2.74. The molecule has 0 fully saturated rings. The fraction of sp³-hybridized carbons (Fsp3) is 0.579. The quantitative estimate of drug-likeness (QED) is 0.699. The lowest BCUT2D eigenvalue weighted by Gasteiger charge is -2.31. The second-order valence-electron chi connectivity index (χ2n) is 6.56. The van der Waals surface area contributed by atoms with Crippen LogP contribution in [-0.4, -0.2) is 27.1 Å². The van der Waals surface area contributed by atoms with Crippen LogP contribution in [0, 0.1) is 0 Å². The summed E-state index contributed by atoms with van der Waals surface area (Å²) >= 11 is 0. The summed E-state index contributed by atoms with van der Waals surface area (Å²) in [4.78, 5) is 25.1. The Morgan fingerprint density at radius 2 is 1.62 bits per heavy atom. The first-order valence-electron chi connectivity index (χ1n) is 9.21. The van der Waals surface area contributed by atoms with Crippen LogP contribution in [0.15, 0.2) is 29.1 Å². The molecule has 0 saturated heterocycles. The molecule has 146 valence electrons. The van der Waals surface area contributed by atoms with Gasteiger partial charge >= 0.3 is 5.69 Å². The molecular formula is C19H31ClN4O2. The molecule has 3 N–H and O–H groups in total. The van der Waals surface area contributed by atoms with Crippen molar-refractivity contribution in [1.29, 1.82) is 0 Å². The molecule has 0 unspecified atom stereocenters. The third-order valence-corrected chi connectivity index (χ3v) is 5.08. The molecule has 26 heavy (non-hydrogen) atoms. The summed E-state index contributed by atoms with van der Waals surface area (Å²) in [6.45, 7) is 7.57. The fourth-order valence-corrected chi connectivity index (χ4v) is 3.27. The van der Waals surface area contributed by atoms with Crippen molar-refractivity contribution in [2.24, 2.45) is 5.73 Å². The van der Waals surface area contributed by atoms with Crippen molar-refractivity contribution in [1.82, 2.24) is 14.5 Å². The van der Waals surface area contributed by atoms with Gasteiger partial charge in [-0.1, -0.05) is 32.9 Å². The SMILES string of the molecule is CCCn1c(=O)n(CCC(=O)NC(CC)(CC)CN)c2ccccc21.Cl. The number of halogens is 1. The third-order valence-electron chi connectivity index (χ3n) is 5.08. The average Bonchev–Trinajstić information content (AvgIpc) is 2.90. The van der Waals surface area contributed by atoms with Gasteiger partial charge < -0.3 is 11.1 Å². The molecule has 0 bridgehead atoms. The van der Waals surface area contributed by atoms with Crippen LogP contribution >= 0.6 is 12.4 Å². The molecule has 1 aromatic carbocycles. The summed E-state index contributed by atoms with van der Waals surface area (Å²) in [5, 5.41) is 3.06. The van der Waals surface area contributed by atoms with Gasteiger partial charge in [0.25, 0.3) is 0 Å². The molecule has 6 nitrogen and oxygen atoms in total. The first-order valence-corrected chi connectivity index (χ1v) is 9.21. The predicted octanol–water partition coefficient (Wildman–Crippen LogP) is 2.66. The van der Waals surface area contributed by atoms with Gasteiger partial charge in [-0.25, -0.2) is 4.79 Å². The molecule has 0 aliphatic carbocycles. The molecule has 2 rings (SSSR count). The number of rotatable bonds is 9. The van der Waals surface area contributed by atoms with Gasteiger partial charge in [-0.2, -0.15) is 0 Å². The maximum absolute atomic E-state index is 12.7. The van der Waals surface area contributed by atoms with Gasteiger partial charge in [0, 0.05) is 26.1 Å². The van der Waals surface area contributed by atoms with E-state index in [1.807, 2.05) is 45.0 Å². The minimum absolute atomic E-state index is 0. The van der Waals surface area contributed by atoms with Crippen LogP contribution < -0.4 is 16.7 Å². The lowest BCUT2D eigenvalue weighted by atomic mass is 9.93. The first-order chi connectivity index (χ1) is 12.0. The summed E-state index contributed by atoms with van der Waals surface area (Å²) in [5.74, 6) is -0.0617. The van der Waals surface area contributed by atoms with Gasteiger partial charge in [-0.3, -0.25) is 13.9 Å². The largest absolute Gasteiger partial charge is 0.349 e. The number of amides is 1. The smallest absolute Gasteiger partial charge is 0.329 e. The number of nitrogens with two attached hydrogens (primary N) is 1. The van der Waals surface area contributed by atoms with Crippen molar-refractivity contribution < 1.29 is 4.79 Å². The number of nitrogens with zero attached hydrogens (tertiary/aromatic N) is 2. The van der Waals surface area contributed by atoms with Crippen LogP contribution in [0.4, 0.5) is 0 Å². The van der Waals surface area contributed by atoms with Crippen molar-refractivity contribution in [3.63, 3.8) is 0 Å². The minimum atomic E-state index is -0.349. The van der Waals surface area contributed by atoms with Gasteiger partial charge in [-0.05, 0) is 31.4 Å². The second kappa shape index (κ2) is 9.78. The zero-order valence-corrected chi connectivity index (χ0v) is 16.8. The van der Waals surface area contributed by atoms with Gasteiger partial charge in [0.2, 0.25) is 5.91 Å². The van der Waals surface area contributed by atoms with Crippen molar-refractivity contribution in [2.75, 3.05) is 6.54 Å². The number of hydrogen-bond donors (Lipinski definition) is 2. The molecule has 0 aliphatic heterocycles. The number of hydrogen-bond acceptors (Lipinski definition) is 3. The number of benzene rings is 1. The number of carbonyl (C=O) groups excluding carboxylic acids is 1. The maximum Gasteiger partial charge on any atom is 0.329 e. The minimum Gasteiger partial charge on any atom is -0.349 e. The van der Waals surface area contributed by atoms with E-state index in [1.54, 1.807) is 9.13 Å². The van der Waals surface area contributed by atoms with E-state index in [1.165, 1.54) is 0 Å². The van der Waals surface area contributed by atoms with E-state index in [-0.39, 0.29) is 36.0 Å². The number of fused-ring (bicyclic) bond motifs is 1. The zero-order chi connectivity index (χ0) is 18.4. The van der Waals surface area contributed by atoms with E-state index < -0.39 is 0 Å². The molecule has 1 amide bonds. The van der Waals surface area contributed by atoms with E-state index >= 15 is 0 Å². The molecule has 0 radical (unpaired) electrons. The molecule has 0 aliphatic rings. The number of aromatic nitrogens is 2. The lowest BCUT2D eigenvalue weighted by Crippen LogP contribution is -2.53. The number of carbonyl (C=O) groups is 1. The van der Waals surface area contributed by atoms with Gasteiger partial charge in [0.05, 0.1) is 16.6 Å². The Balaban J connectivity index is 0.00000338. The van der Waals surface area contributed by atoms with E-state index in [4.69, 9.17) is 5.73 Å². The Hall–Kier alpha value is -1.79. The fourth-order valence-electron chi connectivity index (χ4n) is 3.27. The number of aryl methyl sites for hydroxylation is 2. The topological polar surface area (TPSA) is 82.0 Å². The Labute approximate surface area is 161 Å². The second-order valence-corrected chi connectivity index (χ2v) is 6.56. The maximum atomic E-state index is 12.7. The van der Waals surface area contributed by atoms with E-state index in [2.05, 4.69) is 5.32 Å². The lowest BCUT2D eigenvalue weighted by molar-refractivity contribution is -0.123. The highest BCUT2D eigenvalue weighted by Crippen LogP contribution is 2.15. The summed E-state index contributed by atoms with van der Waals surface area (Å²) < 4.78 is 3.49. The van der Waals surface area contributed by atoms with Crippen LogP contribution in [0.5, 0.6) is 0 Å². The van der Waals surface area contributed by atoms with Crippen LogP contribution in [0.1, 0.15) is 46.5 Å². The van der Waals surface area contributed by atoms with E-state index in [0.717, 1.165) is 30.3 Å². The Kier molecular flexibility index (Phi) is 8.37. The average molecular weight is 383 g/mol. The first kappa shape index (κ1) is 22.3. The van der Waals surface area contributed by atoms with E-state index in [9.17, 15) is 9.59 Å². The van der Waals surface area contributed by atoms with Crippen molar-refractivity contribution in [3.8, 4) is 0 Å². The van der Waals surface area contributed by atoms with Crippen molar-refractivity contribution in [3.05, 3.63) is 34.7 Å². The number of para-hydroxylation sites is 2. The molecule has 1 aromatic heterocycles. The Morgan fingerprint density at radius 3 is 2.08 bits per heavy atom. The molecular weight excluding hydrogens is 352 g/mol. The number of imidazole rings is 1. The van der Waals surface area contributed by atoms with Crippen LogP contribution in [0.3, 0.4) is 0 Å². The summed E-state index contributed by atoms with van der Waals surface area (Å²) in [6, 6.07) is 7.74. The number of nitrogens with one attached hydrogen (secondary N) is 1. The zero-order valence-electron chi connectivity index (χ0n) is 16.0. The monoisotopic (exact) mass is 382 g/mol. The Morgan fingerprint density at radius 1 is 1.08 bits per heavy atom. The summed E-state index contributed by atoms with van der Waals surface area (Å²) in [7, 11) is 0. The molecule has 0 atom stereocenters. The van der Waals surface area contributed by atoms with Crippen LogP contribution in [0.25, 0.3) is 11.0 Å². The van der Waals surface area contributed by atoms with E-state index in [0.29, 0.717) is 19.6 Å². The highest BCUT2D eigenvalue weighted by Gasteiger charge is 2.26. The molecule has 0 spiro atoms. The standard InChI is InChI=1S/C19H30N4O2.ClH/c1-4-12-22-15-9-7-8-10-16(15)23(18(22)25)13-11-17(24)21-19(5-2,6-3)14-20;/h7-10H,4-6,11-14,20H2,1-3H3,(H,21,24);1H. The molecule has 1 heterocycles. The molecule has 2 aromatic rings. The van der Waals surface area contributed by atoms with Crippen LogP contribution in [0.2, 0.25) is 0 Å². The predicted molar refractivity (Wildman–Crippen MR) is 109 cm³/mol. The highest BCUT2D eigenvalue weighted by atomic mass is 35.5. The van der Waals surface area contributed by atoms with Gasteiger partial charge in [0.1, 0.15) is 0 Å². The normalized spacial score (nSPS) is 11.4. The van der Waals surface area contributed by atoms with Gasteiger partial charge in [-0.15, -0.1) is 12.4 Å². The van der Waals surface area contributed by atoms with Crippen molar-refractivity contribution >= 4 is 29.3 Å².